The maximum atomic E-state index is 12.2. The molecule has 0 fully saturated rings. The molecule has 0 unspecified atom stereocenters. The minimum absolute atomic E-state index is 0.0795. The highest BCUT2D eigenvalue weighted by Gasteiger charge is 2.28. The van der Waals surface area contributed by atoms with E-state index in [1.54, 1.807) is 0 Å². The summed E-state index contributed by atoms with van der Waals surface area (Å²) in [6.07, 6.45) is 7.49. The number of hydrogen-bond donors (Lipinski definition) is 1. The predicted molar refractivity (Wildman–Crippen MR) is 93.7 cm³/mol. The molecule has 1 aromatic carbocycles. The average Bonchev–Trinajstić information content (AvgIpc) is 3.13. The summed E-state index contributed by atoms with van der Waals surface area (Å²) in [5, 5.41) is 13.9. The summed E-state index contributed by atoms with van der Waals surface area (Å²) in [5.74, 6) is -1.01. The van der Waals surface area contributed by atoms with Gasteiger partial charge in [-0.05, 0) is 32.1 Å². The van der Waals surface area contributed by atoms with E-state index < -0.39 is 29.1 Å². The fourth-order valence-electron chi connectivity index (χ4n) is 3.00. The predicted octanol–water partition coefficient (Wildman–Crippen LogP) is 2.49. The number of amides is 1. The van der Waals surface area contributed by atoms with E-state index in [4.69, 9.17) is 14.2 Å². The first-order valence-corrected chi connectivity index (χ1v) is 8.74. The Labute approximate surface area is 155 Å². The van der Waals surface area contributed by atoms with Crippen molar-refractivity contribution in [2.24, 2.45) is 0 Å². The van der Waals surface area contributed by atoms with Gasteiger partial charge in [0.1, 0.15) is 5.56 Å². The molecule has 1 heterocycles. The molecule has 1 amide bonds. The lowest BCUT2D eigenvalue weighted by Crippen LogP contribution is -2.30. The Morgan fingerprint density at radius 3 is 2.70 bits per heavy atom. The number of esters is 1. The number of allylic oxidation sites excluding steroid dienone is 1. The third kappa shape index (κ3) is 4.75. The van der Waals surface area contributed by atoms with Gasteiger partial charge in [0.15, 0.2) is 18.1 Å². The van der Waals surface area contributed by atoms with Gasteiger partial charge in [-0.2, -0.15) is 0 Å². The van der Waals surface area contributed by atoms with E-state index in [-0.39, 0.29) is 23.9 Å². The maximum Gasteiger partial charge on any atom is 0.345 e. The molecule has 0 bridgehead atoms. The molecule has 0 radical (unpaired) electrons. The fourth-order valence-corrected chi connectivity index (χ4v) is 3.00. The highest BCUT2D eigenvalue weighted by atomic mass is 16.7. The maximum absolute atomic E-state index is 12.2. The van der Waals surface area contributed by atoms with Crippen molar-refractivity contribution in [2.75, 3.05) is 19.9 Å². The average molecular weight is 376 g/mol. The van der Waals surface area contributed by atoms with Crippen LogP contribution in [0.25, 0.3) is 0 Å². The highest BCUT2D eigenvalue weighted by Crippen LogP contribution is 2.38. The van der Waals surface area contributed by atoms with Crippen molar-refractivity contribution in [3.63, 3.8) is 0 Å². The van der Waals surface area contributed by atoms with Crippen LogP contribution in [0.15, 0.2) is 23.8 Å². The van der Waals surface area contributed by atoms with E-state index in [9.17, 15) is 19.7 Å². The number of hydrogen-bond acceptors (Lipinski definition) is 7. The van der Waals surface area contributed by atoms with Gasteiger partial charge in [0, 0.05) is 12.6 Å². The molecule has 1 aliphatic carbocycles. The quantitative estimate of drug-likeness (QED) is 0.336. The molecular formula is C18H20N2O7. The molecule has 3 rings (SSSR count). The van der Waals surface area contributed by atoms with Crippen LogP contribution in [0.4, 0.5) is 5.69 Å². The van der Waals surface area contributed by atoms with Crippen LogP contribution in [0.1, 0.15) is 42.5 Å². The molecule has 9 nitrogen and oxygen atoms in total. The van der Waals surface area contributed by atoms with E-state index >= 15 is 0 Å². The zero-order valence-electron chi connectivity index (χ0n) is 14.7. The molecule has 1 N–H and O–H groups in total. The van der Waals surface area contributed by atoms with Crippen LogP contribution >= 0.6 is 0 Å². The lowest BCUT2D eigenvalue weighted by atomic mass is 9.97. The summed E-state index contributed by atoms with van der Waals surface area (Å²) < 4.78 is 15.1. The van der Waals surface area contributed by atoms with Gasteiger partial charge < -0.3 is 19.5 Å². The van der Waals surface area contributed by atoms with Gasteiger partial charge in [-0.3, -0.25) is 14.9 Å². The van der Waals surface area contributed by atoms with Crippen molar-refractivity contribution >= 4 is 17.6 Å². The number of carbonyl (C=O) groups is 2. The number of nitro groups is 1. The number of benzene rings is 1. The van der Waals surface area contributed by atoms with Crippen molar-refractivity contribution in [1.82, 2.24) is 5.32 Å². The normalized spacial score (nSPS) is 15.0. The van der Waals surface area contributed by atoms with Crippen LogP contribution in [0.3, 0.4) is 0 Å². The lowest BCUT2D eigenvalue weighted by molar-refractivity contribution is -0.385. The van der Waals surface area contributed by atoms with Gasteiger partial charge in [0.05, 0.1) is 11.0 Å². The van der Waals surface area contributed by atoms with E-state index in [2.05, 4.69) is 11.4 Å². The van der Waals surface area contributed by atoms with Gasteiger partial charge >= 0.3 is 5.97 Å². The number of ether oxygens (including phenoxy) is 3. The fraction of sp³-hybridized carbons (Fsp3) is 0.444. The van der Waals surface area contributed by atoms with E-state index in [1.165, 1.54) is 24.5 Å². The Morgan fingerprint density at radius 1 is 1.22 bits per heavy atom. The second-order valence-electron chi connectivity index (χ2n) is 6.26. The molecule has 0 saturated carbocycles. The van der Waals surface area contributed by atoms with Crippen molar-refractivity contribution in [1.29, 1.82) is 0 Å². The number of fused-ring (bicyclic) bond motifs is 1. The molecule has 1 aliphatic heterocycles. The molecule has 1 aromatic rings. The van der Waals surface area contributed by atoms with Gasteiger partial charge in [-0.25, -0.2) is 4.79 Å². The number of carbonyl (C=O) groups excluding carboxylic acids is 2. The summed E-state index contributed by atoms with van der Waals surface area (Å²) >= 11 is 0. The van der Waals surface area contributed by atoms with Crippen molar-refractivity contribution in [3.05, 3.63) is 39.5 Å². The number of rotatable bonds is 7. The van der Waals surface area contributed by atoms with Crippen LogP contribution in [-0.4, -0.2) is 36.7 Å². The largest absolute Gasteiger partial charge is 0.454 e. The summed E-state index contributed by atoms with van der Waals surface area (Å²) in [6.45, 7) is -0.125. The molecule has 9 heteroatoms. The summed E-state index contributed by atoms with van der Waals surface area (Å²) in [4.78, 5) is 34.5. The van der Waals surface area contributed by atoms with Crippen LogP contribution in [0, 0.1) is 10.1 Å². The number of nitro benzene ring substituents is 1. The van der Waals surface area contributed by atoms with Crippen molar-refractivity contribution in [2.45, 2.75) is 32.1 Å². The standard InChI is InChI=1S/C18H20N2O7/c21-17(19-7-6-12-4-2-1-3-5-12)10-25-18(22)13-8-15-16(27-11-26-15)9-14(13)20(23)24/h4,8-9H,1-3,5-7,10-11H2,(H,19,21). The first kappa shape index (κ1) is 18.7. The Bertz CT molecular complexity index is 788. The lowest BCUT2D eigenvalue weighted by Gasteiger charge is -2.13. The van der Waals surface area contributed by atoms with Crippen LogP contribution in [0.5, 0.6) is 11.5 Å². The second-order valence-corrected chi connectivity index (χ2v) is 6.26. The van der Waals surface area contributed by atoms with E-state index in [1.807, 2.05) is 0 Å². The van der Waals surface area contributed by atoms with Gasteiger partial charge in [-0.15, -0.1) is 0 Å². The Morgan fingerprint density at radius 2 is 2.00 bits per heavy atom. The first-order chi connectivity index (χ1) is 13.0. The molecule has 0 aromatic heterocycles. The first-order valence-electron chi connectivity index (χ1n) is 8.74. The van der Waals surface area contributed by atoms with E-state index in [0.29, 0.717) is 6.54 Å². The van der Waals surface area contributed by atoms with Crippen molar-refractivity contribution < 1.29 is 28.7 Å². The smallest absolute Gasteiger partial charge is 0.345 e. The molecule has 27 heavy (non-hydrogen) atoms. The van der Waals surface area contributed by atoms with Crippen molar-refractivity contribution in [3.8, 4) is 11.5 Å². The zero-order chi connectivity index (χ0) is 19.2. The number of nitrogens with one attached hydrogen (secondary N) is 1. The van der Waals surface area contributed by atoms with Crippen LogP contribution < -0.4 is 14.8 Å². The van der Waals surface area contributed by atoms with E-state index in [0.717, 1.165) is 25.3 Å². The summed E-state index contributed by atoms with van der Waals surface area (Å²) in [6, 6.07) is 2.30. The highest BCUT2D eigenvalue weighted by molar-refractivity contribution is 5.96. The number of nitrogens with zero attached hydrogens (tertiary/aromatic N) is 1. The van der Waals surface area contributed by atoms with Crippen LogP contribution in [-0.2, 0) is 9.53 Å². The van der Waals surface area contributed by atoms with Gasteiger partial charge in [0.2, 0.25) is 6.79 Å². The molecule has 144 valence electrons. The zero-order valence-corrected chi connectivity index (χ0v) is 14.7. The van der Waals surface area contributed by atoms with Gasteiger partial charge in [-0.1, -0.05) is 11.6 Å². The van der Waals surface area contributed by atoms with Gasteiger partial charge in [0.25, 0.3) is 11.6 Å². The minimum atomic E-state index is -0.967. The Balaban J connectivity index is 1.52. The minimum Gasteiger partial charge on any atom is -0.454 e. The molecule has 0 saturated heterocycles. The monoisotopic (exact) mass is 376 g/mol. The third-order valence-corrected chi connectivity index (χ3v) is 4.40. The molecule has 2 aliphatic rings. The summed E-state index contributed by atoms with van der Waals surface area (Å²) in [7, 11) is 0. The van der Waals surface area contributed by atoms with Crippen LogP contribution in [0.2, 0.25) is 0 Å². The Kier molecular flexibility index (Phi) is 5.90. The molecule has 0 atom stereocenters. The second kappa shape index (κ2) is 8.52. The topological polar surface area (TPSA) is 117 Å². The third-order valence-electron chi connectivity index (χ3n) is 4.40. The molecule has 0 spiro atoms. The molecular weight excluding hydrogens is 356 g/mol. The Hall–Kier alpha value is -3.10. The SMILES string of the molecule is O=C(COC(=O)c1cc2c(cc1[N+](=O)[O-])OCO2)NCCC1=CCCCC1. The summed E-state index contributed by atoms with van der Waals surface area (Å²) in [5.41, 5.74) is 0.577.